The lowest BCUT2D eigenvalue weighted by molar-refractivity contribution is -0.144. The molecule has 1 aromatic rings. The average molecular weight is 295 g/mol. The molecule has 0 saturated carbocycles. The predicted molar refractivity (Wildman–Crippen MR) is 81.8 cm³/mol. The summed E-state index contributed by atoms with van der Waals surface area (Å²) >= 11 is 0. The Morgan fingerprint density at radius 1 is 1.19 bits per heavy atom. The van der Waals surface area contributed by atoms with Gasteiger partial charge in [-0.2, -0.15) is 0 Å². The van der Waals surface area contributed by atoms with E-state index in [1.807, 2.05) is 6.07 Å². The Morgan fingerprint density at radius 3 is 2.19 bits per heavy atom. The standard InChI is InChI=1S/C16H25NO4/c1-7-21-15(18)14(17)10-8-13(20-6)11(16(2,3)4)9-12(10)19-5/h8-9,14H,7,17H2,1-6H3. The molecule has 0 bridgehead atoms. The van der Waals surface area contributed by atoms with Gasteiger partial charge in [-0.1, -0.05) is 20.8 Å². The summed E-state index contributed by atoms with van der Waals surface area (Å²) in [6.45, 7) is 8.26. The number of hydrogen-bond acceptors (Lipinski definition) is 5. The van der Waals surface area contributed by atoms with Crippen molar-refractivity contribution in [3.63, 3.8) is 0 Å². The summed E-state index contributed by atoms with van der Waals surface area (Å²) < 4.78 is 15.8. The zero-order valence-electron chi connectivity index (χ0n) is 13.6. The summed E-state index contributed by atoms with van der Waals surface area (Å²) in [5.74, 6) is 0.751. The van der Waals surface area contributed by atoms with E-state index in [1.54, 1.807) is 27.2 Å². The Hall–Kier alpha value is -1.75. The molecule has 0 spiro atoms. The Kier molecular flexibility index (Phi) is 5.61. The molecule has 0 heterocycles. The number of carbonyl (C=O) groups excluding carboxylic acids is 1. The van der Waals surface area contributed by atoms with Crippen molar-refractivity contribution in [3.05, 3.63) is 23.3 Å². The van der Waals surface area contributed by atoms with Crippen LogP contribution in [0.25, 0.3) is 0 Å². The molecule has 0 aliphatic heterocycles. The number of carbonyl (C=O) groups is 1. The normalized spacial score (nSPS) is 12.7. The van der Waals surface area contributed by atoms with Crippen molar-refractivity contribution in [1.29, 1.82) is 0 Å². The molecule has 1 atom stereocenters. The maximum atomic E-state index is 11.8. The number of ether oxygens (including phenoxy) is 3. The third-order valence-corrected chi connectivity index (χ3v) is 3.24. The topological polar surface area (TPSA) is 70.8 Å². The molecule has 5 heteroatoms. The van der Waals surface area contributed by atoms with Crippen LogP contribution in [0.2, 0.25) is 0 Å². The number of methoxy groups -OCH3 is 2. The molecular formula is C16H25NO4. The minimum Gasteiger partial charge on any atom is -0.496 e. The van der Waals surface area contributed by atoms with Crippen LogP contribution in [0, 0.1) is 0 Å². The van der Waals surface area contributed by atoms with Gasteiger partial charge in [0.15, 0.2) is 0 Å². The van der Waals surface area contributed by atoms with E-state index in [0.29, 0.717) is 17.1 Å². The maximum Gasteiger partial charge on any atom is 0.327 e. The number of rotatable bonds is 5. The molecular weight excluding hydrogens is 270 g/mol. The van der Waals surface area contributed by atoms with Gasteiger partial charge in [-0.25, -0.2) is 4.79 Å². The van der Waals surface area contributed by atoms with E-state index >= 15 is 0 Å². The number of nitrogens with two attached hydrogens (primary N) is 1. The highest BCUT2D eigenvalue weighted by Gasteiger charge is 2.26. The third kappa shape index (κ3) is 3.88. The largest absolute Gasteiger partial charge is 0.496 e. The van der Waals surface area contributed by atoms with Crippen LogP contribution >= 0.6 is 0 Å². The first-order valence-electron chi connectivity index (χ1n) is 6.94. The van der Waals surface area contributed by atoms with Crippen LogP contribution < -0.4 is 15.2 Å². The molecule has 0 saturated heterocycles. The summed E-state index contributed by atoms with van der Waals surface area (Å²) in [7, 11) is 3.15. The Balaban J connectivity index is 3.37. The fourth-order valence-corrected chi connectivity index (χ4v) is 2.11. The molecule has 0 aliphatic rings. The zero-order chi connectivity index (χ0) is 16.2. The molecule has 0 fully saturated rings. The van der Waals surface area contributed by atoms with Crippen molar-refractivity contribution in [2.24, 2.45) is 5.73 Å². The molecule has 5 nitrogen and oxygen atoms in total. The Morgan fingerprint density at radius 2 is 1.76 bits per heavy atom. The van der Waals surface area contributed by atoms with Crippen LogP contribution in [-0.4, -0.2) is 26.8 Å². The highest BCUT2D eigenvalue weighted by Crippen LogP contribution is 2.38. The minimum atomic E-state index is -0.900. The van der Waals surface area contributed by atoms with Gasteiger partial charge < -0.3 is 19.9 Å². The van der Waals surface area contributed by atoms with Crippen LogP contribution in [0.15, 0.2) is 12.1 Å². The molecule has 1 rings (SSSR count). The van der Waals surface area contributed by atoms with Gasteiger partial charge in [0.2, 0.25) is 0 Å². The third-order valence-electron chi connectivity index (χ3n) is 3.24. The average Bonchev–Trinajstić information content (AvgIpc) is 2.44. The molecule has 2 N–H and O–H groups in total. The van der Waals surface area contributed by atoms with Gasteiger partial charge >= 0.3 is 5.97 Å². The van der Waals surface area contributed by atoms with Gasteiger partial charge in [-0.05, 0) is 24.5 Å². The van der Waals surface area contributed by atoms with E-state index in [0.717, 1.165) is 5.56 Å². The molecule has 0 aliphatic carbocycles. The molecule has 118 valence electrons. The Labute approximate surface area is 126 Å². The van der Waals surface area contributed by atoms with Crippen LogP contribution in [0.4, 0.5) is 0 Å². The van der Waals surface area contributed by atoms with E-state index in [1.165, 1.54) is 0 Å². The van der Waals surface area contributed by atoms with Gasteiger partial charge in [0.1, 0.15) is 17.5 Å². The second-order valence-corrected chi connectivity index (χ2v) is 5.77. The number of hydrogen-bond donors (Lipinski definition) is 1. The molecule has 1 unspecified atom stereocenters. The summed E-state index contributed by atoms with van der Waals surface area (Å²) in [6.07, 6.45) is 0. The fraction of sp³-hybridized carbons (Fsp3) is 0.562. The molecule has 0 radical (unpaired) electrons. The smallest absolute Gasteiger partial charge is 0.327 e. The number of esters is 1. The van der Waals surface area contributed by atoms with Crippen LogP contribution in [-0.2, 0) is 14.9 Å². The van der Waals surface area contributed by atoms with Crippen LogP contribution in [0.1, 0.15) is 44.9 Å². The summed E-state index contributed by atoms with van der Waals surface area (Å²) in [4.78, 5) is 11.8. The molecule has 0 aromatic heterocycles. The van der Waals surface area contributed by atoms with Crippen molar-refractivity contribution >= 4 is 5.97 Å². The van der Waals surface area contributed by atoms with Gasteiger partial charge in [-0.15, -0.1) is 0 Å². The van der Waals surface area contributed by atoms with E-state index in [4.69, 9.17) is 19.9 Å². The molecule has 1 aromatic carbocycles. The van der Waals surface area contributed by atoms with Gasteiger partial charge in [-0.3, -0.25) is 0 Å². The fourth-order valence-electron chi connectivity index (χ4n) is 2.11. The Bertz CT molecular complexity index is 506. The second-order valence-electron chi connectivity index (χ2n) is 5.77. The lowest BCUT2D eigenvalue weighted by atomic mass is 9.85. The second kappa shape index (κ2) is 6.80. The maximum absolute atomic E-state index is 11.8. The summed E-state index contributed by atoms with van der Waals surface area (Å²) in [5.41, 5.74) is 7.40. The first-order valence-corrected chi connectivity index (χ1v) is 6.94. The highest BCUT2D eigenvalue weighted by molar-refractivity contribution is 5.79. The SMILES string of the molecule is CCOC(=O)C(N)c1cc(OC)c(C(C)(C)C)cc1OC. The lowest BCUT2D eigenvalue weighted by Gasteiger charge is -2.25. The van der Waals surface area contributed by atoms with Crippen LogP contribution in [0.3, 0.4) is 0 Å². The minimum absolute atomic E-state index is 0.120. The monoisotopic (exact) mass is 295 g/mol. The van der Waals surface area contributed by atoms with Gasteiger partial charge in [0.05, 0.1) is 20.8 Å². The van der Waals surface area contributed by atoms with Gasteiger partial charge in [0, 0.05) is 11.1 Å². The first-order chi connectivity index (χ1) is 9.76. The molecule has 0 amide bonds. The van der Waals surface area contributed by atoms with Crippen molar-refractivity contribution < 1.29 is 19.0 Å². The predicted octanol–water partition coefficient (Wildman–Crippen LogP) is 2.56. The molecule has 21 heavy (non-hydrogen) atoms. The summed E-state index contributed by atoms with van der Waals surface area (Å²) in [5, 5.41) is 0. The highest BCUT2D eigenvalue weighted by atomic mass is 16.5. The zero-order valence-corrected chi connectivity index (χ0v) is 13.6. The number of benzene rings is 1. The van der Waals surface area contributed by atoms with Gasteiger partial charge in [0.25, 0.3) is 0 Å². The van der Waals surface area contributed by atoms with Crippen molar-refractivity contribution in [2.45, 2.75) is 39.2 Å². The van der Waals surface area contributed by atoms with E-state index < -0.39 is 12.0 Å². The van der Waals surface area contributed by atoms with E-state index in [9.17, 15) is 4.79 Å². The quantitative estimate of drug-likeness (QED) is 0.845. The van der Waals surface area contributed by atoms with E-state index in [-0.39, 0.29) is 12.0 Å². The lowest BCUT2D eigenvalue weighted by Crippen LogP contribution is -2.25. The van der Waals surface area contributed by atoms with E-state index in [2.05, 4.69) is 20.8 Å². The summed E-state index contributed by atoms with van der Waals surface area (Å²) in [6, 6.07) is 2.72. The van der Waals surface area contributed by atoms with Crippen LogP contribution in [0.5, 0.6) is 11.5 Å². The first kappa shape index (κ1) is 17.3. The van der Waals surface area contributed by atoms with Crippen molar-refractivity contribution in [3.8, 4) is 11.5 Å². The van der Waals surface area contributed by atoms with Crippen molar-refractivity contribution in [2.75, 3.05) is 20.8 Å². The van der Waals surface area contributed by atoms with Crippen molar-refractivity contribution in [1.82, 2.24) is 0 Å².